The van der Waals surface area contributed by atoms with Crippen LogP contribution in [0, 0.1) is 17.8 Å². The summed E-state index contributed by atoms with van der Waals surface area (Å²) >= 11 is 0. The van der Waals surface area contributed by atoms with Crippen LogP contribution >= 0.6 is 0 Å². The number of nitrogens with one attached hydrogen (secondary N) is 1. The van der Waals surface area contributed by atoms with Gasteiger partial charge in [-0.25, -0.2) is 0 Å². The van der Waals surface area contributed by atoms with E-state index in [0.717, 1.165) is 0 Å². The van der Waals surface area contributed by atoms with E-state index in [-0.39, 0.29) is 5.92 Å². The van der Waals surface area contributed by atoms with E-state index in [0.29, 0.717) is 12.8 Å². The molecule has 1 fully saturated rings. The number of carboxylic acids is 1. The van der Waals surface area contributed by atoms with Crippen LogP contribution in [0.5, 0.6) is 0 Å². The molecular weight excluding hydrogens is 224 g/mol. The number of primary amides is 1. The van der Waals surface area contributed by atoms with Crippen LogP contribution in [0.2, 0.25) is 0 Å². The van der Waals surface area contributed by atoms with Gasteiger partial charge in [0.05, 0.1) is 11.8 Å². The molecule has 1 aliphatic carbocycles. The summed E-state index contributed by atoms with van der Waals surface area (Å²) in [4.78, 5) is 33.7. The topological polar surface area (TPSA) is 109 Å². The van der Waals surface area contributed by atoms with Gasteiger partial charge in [0, 0.05) is 0 Å². The molecule has 1 rings (SSSR count). The number of nitrogens with two attached hydrogens (primary N) is 1. The summed E-state index contributed by atoms with van der Waals surface area (Å²) in [5.74, 6) is -3.00. The van der Waals surface area contributed by atoms with Crippen LogP contribution in [0.4, 0.5) is 0 Å². The second-order valence-electron chi connectivity index (χ2n) is 4.76. The second kappa shape index (κ2) is 5.16. The molecular formula is C11H18N2O4. The zero-order chi connectivity index (χ0) is 13.2. The van der Waals surface area contributed by atoms with Gasteiger partial charge >= 0.3 is 5.97 Å². The van der Waals surface area contributed by atoms with E-state index in [1.165, 1.54) is 6.92 Å². The van der Waals surface area contributed by atoms with Gasteiger partial charge in [-0.1, -0.05) is 6.92 Å². The Labute approximate surface area is 99.6 Å². The summed E-state index contributed by atoms with van der Waals surface area (Å²) < 4.78 is 0. The van der Waals surface area contributed by atoms with E-state index in [1.54, 1.807) is 0 Å². The summed E-state index contributed by atoms with van der Waals surface area (Å²) in [6.45, 7) is 3.40. The van der Waals surface area contributed by atoms with Crippen LogP contribution in [-0.2, 0) is 14.4 Å². The number of carbonyl (C=O) groups is 3. The predicted octanol–water partition coefficient (Wildman–Crippen LogP) is -0.277. The van der Waals surface area contributed by atoms with Crippen molar-refractivity contribution in [2.24, 2.45) is 23.5 Å². The number of carbonyl (C=O) groups excluding carboxylic acids is 2. The fourth-order valence-corrected chi connectivity index (χ4v) is 2.25. The molecule has 0 spiro atoms. The summed E-state index contributed by atoms with van der Waals surface area (Å²) in [7, 11) is 0. The van der Waals surface area contributed by atoms with Crippen LogP contribution in [0.15, 0.2) is 0 Å². The molecule has 6 heteroatoms. The molecule has 0 heterocycles. The number of amides is 2. The fraction of sp³-hybridized carbons (Fsp3) is 0.727. The molecule has 0 bridgehead atoms. The maximum absolute atomic E-state index is 11.8. The SMILES string of the molecule is CC1C[C@H](C(=O)NC(C)C(N)=O)[C@H](C(=O)O)C1. The largest absolute Gasteiger partial charge is 0.481 e. The smallest absolute Gasteiger partial charge is 0.307 e. The van der Waals surface area contributed by atoms with E-state index in [4.69, 9.17) is 10.8 Å². The number of hydrogen-bond acceptors (Lipinski definition) is 3. The van der Waals surface area contributed by atoms with Crippen LogP contribution < -0.4 is 11.1 Å². The minimum Gasteiger partial charge on any atom is -0.481 e. The van der Waals surface area contributed by atoms with E-state index in [1.807, 2.05) is 6.92 Å². The normalized spacial score (nSPS) is 29.6. The second-order valence-corrected chi connectivity index (χ2v) is 4.76. The molecule has 0 saturated heterocycles. The molecule has 0 aliphatic heterocycles. The molecule has 2 amide bonds. The number of hydrogen-bond donors (Lipinski definition) is 3. The zero-order valence-corrected chi connectivity index (χ0v) is 9.97. The lowest BCUT2D eigenvalue weighted by atomic mass is 9.95. The Balaban J connectivity index is 2.67. The maximum Gasteiger partial charge on any atom is 0.307 e. The van der Waals surface area contributed by atoms with Gasteiger partial charge in [-0.3, -0.25) is 14.4 Å². The van der Waals surface area contributed by atoms with Gasteiger partial charge in [-0.05, 0) is 25.7 Å². The van der Waals surface area contributed by atoms with Crippen LogP contribution in [0.25, 0.3) is 0 Å². The Kier molecular flexibility index (Phi) is 4.09. The Morgan fingerprint density at radius 3 is 2.29 bits per heavy atom. The molecule has 2 unspecified atom stereocenters. The van der Waals surface area contributed by atoms with Crippen molar-refractivity contribution in [2.75, 3.05) is 0 Å². The Morgan fingerprint density at radius 1 is 1.29 bits per heavy atom. The molecule has 0 radical (unpaired) electrons. The number of carboxylic acid groups (broad SMARTS) is 1. The van der Waals surface area contributed by atoms with Crippen molar-refractivity contribution in [1.82, 2.24) is 5.32 Å². The van der Waals surface area contributed by atoms with E-state index < -0.39 is 35.7 Å². The van der Waals surface area contributed by atoms with Crippen LogP contribution in [-0.4, -0.2) is 28.9 Å². The lowest BCUT2D eigenvalue weighted by Crippen LogP contribution is -2.46. The summed E-state index contributed by atoms with van der Waals surface area (Å²) in [5.41, 5.74) is 5.03. The highest BCUT2D eigenvalue weighted by atomic mass is 16.4. The quantitative estimate of drug-likeness (QED) is 0.630. The highest BCUT2D eigenvalue weighted by molar-refractivity contribution is 5.89. The van der Waals surface area contributed by atoms with Crippen molar-refractivity contribution in [2.45, 2.75) is 32.7 Å². The van der Waals surface area contributed by atoms with Crippen molar-refractivity contribution < 1.29 is 19.5 Å². The molecule has 0 aromatic heterocycles. The third kappa shape index (κ3) is 3.18. The first-order valence-electron chi connectivity index (χ1n) is 5.65. The summed E-state index contributed by atoms with van der Waals surface area (Å²) in [6, 6.07) is -0.771. The van der Waals surface area contributed by atoms with Gasteiger partial charge in [0.2, 0.25) is 11.8 Å². The van der Waals surface area contributed by atoms with Gasteiger partial charge in [0.15, 0.2) is 0 Å². The molecule has 4 N–H and O–H groups in total. The number of rotatable bonds is 4. The predicted molar refractivity (Wildman–Crippen MR) is 59.8 cm³/mol. The van der Waals surface area contributed by atoms with Crippen molar-refractivity contribution in [1.29, 1.82) is 0 Å². The van der Waals surface area contributed by atoms with Gasteiger partial charge in [-0.15, -0.1) is 0 Å². The fourth-order valence-electron chi connectivity index (χ4n) is 2.25. The average Bonchev–Trinajstić information content (AvgIpc) is 2.60. The van der Waals surface area contributed by atoms with Crippen molar-refractivity contribution >= 4 is 17.8 Å². The van der Waals surface area contributed by atoms with Gasteiger partial charge in [-0.2, -0.15) is 0 Å². The minimum absolute atomic E-state index is 0.204. The first-order valence-corrected chi connectivity index (χ1v) is 5.65. The van der Waals surface area contributed by atoms with Crippen molar-refractivity contribution in [3.8, 4) is 0 Å². The Hall–Kier alpha value is -1.59. The van der Waals surface area contributed by atoms with Crippen LogP contribution in [0.1, 0.15) is 26.7 Å². The molecule has 1 saturated carbocycles. The molecule has 4 atom stereocenters. The molecule has 0 aromatic rings. The Morgan fingerprint density at radius 2 is 1.82 bits per heavy atom. The lowest BCUT2D eigenvalue weighted by Gasteiger charge is -2.17. The average molecular weight is 242 g/mol. The van der Waals surface area contributed by atoms with Crippen LogP contribution in [0.3, 0.4) is 0 Å². The first kappa shape index (κ1) is 13.5. The monoisotopic (exact) mass is 242 g/mol. The lowest BCUT2D eigenvalue weighted by molar-refractivity contribution is -0.146. The van der Waals surface area contributed by atoms with Gasteiger partial charge in [0.25, 0.3) is 0 Å². The van der Waals surface area contributed by atoms with E-state index in [9.17, 15) is 14.4 Å². The number of aliphatic carboxylic acids is 1. The molecule has 1 aliphatic rings. The maximum atomic E-state index is 11.8. The molecule has 96 valence electrons. The first-order chi connectivity index (χ1) is 7.82. The van der Waals surface area contributed by atoms with Crippen molar-refractivity contribution in [3.63, 3.8) is 0 Å². The van der Waals surface area contributed by atoms with Gasteiger partial charge in [0.1, 0.15) is 6.04 Å². The Bertz CT molecular complexity index is 342. The zero-order valence-electron chi connectivity index (χ0n) is 9.97. The third-order valence-corrected chi connectivity index (χ3v) is 3.24. The standard InChI is InChI=1S/C11H18N2O4/c1-5-3-7(8(4-5)11(16)17)10(15)13-6(2)9(12)14/h5-8H,3-4H2,1-2H3,(H2,12,14)(H,13,15)(H,16,17)/t5?,6?,7-,8+/m0/s1. The van der Waals surface area contributed by atoms with E-state index >= 15 is 0 Å². The molecule has 0 aromatic carbocycles. The van der Waals surface area contributed by atoms with Crippen molar-refractivity contribution in [3.05, 3.63) is 0 Å². The highest BCUT2D eigenvalue weighted by Gasteiger charge is 2.41. The van der Waals surface area contributed by atoms with Gasteiger partial charge < -0.3 is 16.2 Å². The molecule has 17 heavy (non-hydrogen) atoms. The third-order valence-electron chi connectivity index (χ3n) is 3.24. The summed E-state index contributed by atoms with van der Waals surface area (Å²) in [6.07, 6.45) is 1.03. The summed E-state index contributed by atoms with van der Waals surface area (Å²) in [5, 5.41) is 11.5. The minimum atomic E-state index is -0.957. The highest BCUT2D eigenvalue weighted by Crippen LogP contribution is 2.36. The molecule has 6 nitrogen and oxygen atoms in total. The van der Waals surface area contributed by atoms with E-state index in [2.05, 4.69) is 5.32 Å².